The minimum atomic E-state index is -3.29. The summed E-state index contributed by atoms with van der Waals surface area (Å²) in [6.45, 7) is 4.76. The van der Waals surface area contributed by atoms with Crippen molar-refractivity contribution in [2.45, 2.75) is 26.3 Å². The Balaban J connectivity index is 0.00000361. The van der Waals surface area contributed by atoms with Crippen LogP contribution in [0.5, 0.6) is 0 Å². The molecule has 114 valence electrons. The molecule has 6 nitrogen and oxygen atoms in total. The Morgan fingerprint density at radius 3 is 2.05 bits per heavy atom. The minimum absolute atomic E-state index is 0. The van der Waals surface area contributed by atoms with Gasteiger partial charge in [0.05, 0.1) is 11.3 Å². The topological polar surface area (TPSA) is 101 Å². The van der Waals surface area contributed by atoms with Crippen molar-refractivity contribution in [3.63, 3.8) is 0 Å². The third-order valence-corrected chi connectivity index (χ3v) is 3.69. The van der Waals surface area contributed by atoms with Crippen molar-refractivity contribution >= 4 is 39.7 Å². The average molecular weight is 322 g/mol. The first-order valence-electron chi connectivity index (χ1n) is 5.85. The van der Waals surface area contributed by atoms with Gasteiger partial charge in [-0.1, -0.05) is 0 Å². The number of nitrogens with one attached hydrogen (secondary N) is 2. The molecule has 0 atom stereocenters. The molecule has 0 aromatic heterocycles. The van der Waals surface area contributed by atoms with Crippen molar-refractivity contribution < 1.29 is 13.2 Å². The second kappa shape index (κ2) is 6.92. The van der Waals surface area contributed by atoms with Crippen LogP contribution in [-0.2, 0) is 14.8 Å². The molecule has 0 unspecified atom stereocenters. The van der Waals surface area contributed by atoms with Gasteiger partial charge in [0.15, 0.2) is 0 Å². The molecule has 0 saturated carbocycles. The number of benzene rings is 1. The Morgan fingerprint density at radius 2 is 1.65 bits per heavy atom. The molecule has 4 N–H and O–H groups in total. The summed E-state index contributed by atoms with van der Waals surface area (Å²) in [5.41, 5.74) is 5.69. The van der Waals surface area contributed by atoms with Crippen LogP contribution in [-0.4, -0.2) is 25.6 Å². The molecule has 20 heavy (non-hydrogen) atoms. The SMILES string of the molecule is CCS(=O)(=O)Nc1ccc(NC(=O)C(C)(C)N)cc1.Cl. The van der Waals surface area contributed by atoms with Crippen LogP contribution >= 0.6 is 12.4 Å². The molecule has 0 heterocycles. The standard InChI is InChI=1S/C12H19N3O3S.ClH/c1-4-19(17,18)15-10-7-5-9(6-8-10)14-11(16)12(2,3)13;/h5-8,15H,4,13H2,1-3H3,(H,14,16);1H. The van der Waals surface area contributed by atoms with Gasteiger partial charge in [0, 0.05) is 11.4 Å². The van der Waals surface area contributed by atoms with E-state index in [1.807, 2.05) is 0 Å². The van der Waals surface area contributed by atoms with Gasteiger partial charge in [-0.05, 0) is 45.0 Å². The first kappa shape index (κ1) is 18.7. The van der Waals surface area contributed by atoms with Gasteiger partial charge in [0.2, 0.25) is 15.9 Å². The summed E-state index contributed by atoms with van der Waals surface area (Å²) in [4.78, 5) is 11.6. The van der Waals surface area contributed by atoms with Gasteiger partial charge < -0.3 is 11.1 Å². The summed E-state index contributed by atoms with van der Waals surface area (Å²) < 4.78 is 25.1. The summed E-state index contributed by atoms with van der Waals surface area (Å²) in [7, 11) is -3.29. The van der Waals surface area contributed by atoms with E-state index in [4.69, 9.17) is 5.73 Å². The number of carbonyl (C=O) groups is 1. The van der Waals surface area contributed by atoms with Crippen LogP contribution in [0.2, 0.25) is 0 Å². The van der Waals surface area contributed by atoms with Crippen LogP contribution < -0.4 is 15.8 Å². The molecule has 0 bridgehead atoms. The maximum atomic E-state index is 11.6. The van der Waals surface area contributed by atoms with Gasteiger partial charge in [-0.2, -0.15) is 0 Å². The van der Waals surface area contributed by atoms with Crippen LogP contribution in [0.15, 0.2) is 24.3 Å². The largest absolute Gasteiger partial charge is 0.325 e. The highest BCUT2D eigenvalue weighted by Gasteiger charge is 2.21. The van der Waals surface area contributed by atoms with Crippen molar-refractivity contribution in [1.29, 1.82) is 0 Å². The molecule has 0 aliphatic carbocycles. The number of halogens is 1. The first-order chi connectivity index (χ1) is 8.64. The van der Waals surface area contributed by atoms with Crippen LogP contribution in [0.3, 0.4) is 0 Å². The summed E-state index contributed by atoms with van der Waals surface area (Å²) in [5, 5.41) is 2.64. The predicted molar refractivity (Wildman–Crippen MR) is 83.7 cm³/mol. The summed E-state index contributed by atoms with van der Waals surface area (Å²) in [5.74, 6) is -0.304. The number of hydrogen-bond donors (Lipinski definition) is 3. The molecule has 8 heteroatoms. The summed E-state index contributed by atoms with van der Waals surface area (Å²) >= 11 is 0. The van der Waals surface area contributed by atoms with Crippen LogP contribution in [0.25, 0.3) is 0 Å². The molecule has 1 rings (SSSR count). The monoisotopic (exact) mass is 321 g/mol. The lowest BCUT2D eigenvalue weighted by molar-refractivity contribution is -0.120. The number of rotatable bonds is 5. The Bertz CT molecular complexity index is 550. The zero-order valence-electron chi connectivity index (χ0n) is 11.6. The van der Waals surface area contributed by atoms with Crippen LogP contribution in [0.1, 0.15) is 20.8 Å². The maximum Gasteiger partial charge on any atom is 0.243 e. The molecule has 1 aromatic rings. The second-order valence-corrected chi connectivity index (χ2v) is 6.77. The zero-order valence-corrected chi connectivity index (χ0v) is 13.3. The van der Waals surface area contributed by atoms with E-state index >= 15 is 0 Å². The fourth-order valence-electron chi connectivity index (χ4n) is 1.17. The minimum Gasteiger partial charge on any atom is -0.325 e. The van der Waals surface area contributed by atoms with Gasteiger partial charge in [-0.15, -0.1) is 12.4 Å². The van der Waals surface area contributed by atoms with E-state index in [9.17, 15) is 13.2 Å². The molecule has 0 radical (unpaired) electrons. The molecule has 1 aromatic carbocycles. The maximum absolute atomic E-state index is 11.6. The van der Waals surface area contributed by atoms with Crippen molar-refractivity contribution in [3.05, 3.63) is 24.3 Å². The van der Waals surface area contributed by atoms with E-state index in [1.54, 1.807) is 45.0 Å². The molecular weight excluding hydrogens is 302 g/mol. The van der Waals surface area contributed by atoms with E-state index in [0.717, 1.165) is 0 Å². The Hall–Kier alpha value is -1.31. The molecule has 1 amide bonds. The molecule has 0 fully saturated rings. The number of carbonyl (C=O) groups excluding carboxylic acids is 1. The summed E-state index contributed by atoms with van der Waals surface area (Å²) in [6, 6.07) is 6.37. The lowest BCUT2D eigenvalue weighted by Gasteiger charge is -2.17. The lowest BCUT2D eigenvalue weighted by Crippen LogP contribution is -2.45. The van der Waals surface area contributed by atoms with E-state index in [0.29, 0.717) is 11.4 Å². The van der Waals surface area contributed by atoms with Gasteiger partial charge in [-0.3, -0.25) is 9.52 Å². The molecular formula is C12H20ClN3O3S. The smallest absolute Gasteiger partial charge is 0.243 e. The van der Waals surface area contributed by atoms with Gasteiger partial charge in [0.1, 0.15) is 0 Å². The van der Waals surface area contributed by atoms with Crippen molar-refractivity contribution in [2.24, 2.45) is 5.73 Å². The zero-order chi connectivity index (χ0) is 14.7. The number of nitrogens with two attached hydrogens (primary N) is 1. The quantitative estimate of drug-likeness (QED) is 0.765. The summed E-state index contributed by atoms with van der Waals surface area (Å²) in [6.07, 6.45) is 0. The van der Waals surface area contributed by atoms with Crippen LogP contribution in [0.4, 0.5) is 11.4 Å². The average Bonchev–Trinajstić information content (AvgIpc) is 2.30. The molecule has 0 saturated heterocycles. The Kier molecular flexibility index (Phi) is 6.46. The van der Waals surface area contributed by atoms with Gasteiger partial charge >= 0.3 is 0 Å². The highest BCUT2D eigenvalue weighted by atomic mass is 35.5. The number of amides is 1. The highest BCUT2D eigenvalue weighted by molar-refractivity contribution is 7.92. The Labute approximate surface area is 125 Å². The first-order valence-corrected chi connectivity index (χ1v) is 7.50. The molecule has 0 aliphatic rings. The van der Waals surface area contributed by atoms with Gasteiger partial charge in [-0.25, -0.2) is 8.42 Å². The normalized spacial score (nSPS) is 11.4. The number of hydrogen-bond acceptors (Lipinski definition) is 4. The lowest BCUT2D eigenvalue weighted by atomic mass is 10.1. The van der Waals surface area contributed by atoms with Crippen molar-refractivity contribution in [1.82, 2.24) is 0 Å². The highest BCUT2D eigenvalue weighted by Crippen LogP contribution is 2.15. The van der Waals surface area contributed by atoms with E-state index < -0.39 is 15.6 Å². The van der Waals surface area contributed by atoms with E-state index in [-0.39, 0.29) is 24.1 Å². The number of sulfonamides is 1. The fourth-order valence-corrected chi connectivity index (χ4v) is 1.81. The van der Waals surface area contributed by atoms with E-state index in [2.05, 4.69) is 10.0 Å². The second-order valence-electron chi connectivity index (χ2n) is 4.76. The molecule has 0 aliphatic heterocycles. The van der Waals surface area contributed by atoms with Crippen LogP contribution in [0, 0.1) is 0 Å². The van der Waals surface area contributed by atoms with E-state index in [1.165, 1.54) is 0 Å². The third-order valence-electron chi connectivity index (χ3n) is 2.38. The Morgan fingerprint density at radius 1 is 1.20 bits per heavy atom. The van der Waals surface area contributed by atoms with Gasteiger partial charge in [0.25, 0.3) is 0 Å². The fraction of sp³-hybridized carbons (Fsp3) is 0.417. The predicted octanol–water partition coefficient (Wildman–Crippen LogP) is 1.55. The number of anilines is 2. The van der Waals surface area contributed by atoms with Crippen molar-refractivity contribution in [3.8, 4) is 0 Å². The third kappa shape index (κ3) is 5.77. The molecule has 0 spiro atoms. The van der Waals surface area contributed by atoms with Crippen molar-refractivity contribution in [2.75, 3.05) is 15.8 Å².